The average Bonchev–Trinajstić information content (AvgIpc) is 2.52. The highest BCUT2D eigenvalue weighted by atomic mass is 16.6. The molecule has 0 bridgehead atoms. The first-order valence-corrected chi connectivity index (χ1v) is 6.59. The smallest absolute Gasteiger partial charge is 0.410 e. The minimum atomic E-state index is -0.727. The van der Waals surface area contributed by atoms with Gasteiger partial charge in [0.2, 0.25) is 0 Å². The lowest BCUT2D eigenvalue weighted by Crippen LogP contribution is -2.43. The Morgan fingerprint density at radius 1 is 1.37 bits per heavy atom. The molecule has 1 rings (SSSR count). The summed E-state index contributed by atoms with van der Waals surface area (Å²) in [6, 6.07) is 0. The summed E-state index contributed by atoms with van der Waals surface area (Å²) in [5.74, 6) is -0.432. The lowest BCUT2D eigenvalue weighted by atomic mass is 10.2. The molecule has 0 saturated carbocycles. The number of amides is 1. The highest BCUT2D eigenvalue weighted by molar-refractivity contribution is 5.76. The van der Waals surface area contributed by atoms with E-state index in [1.165, 1.54) is 4.90 Å². The third-order valence-electron chi connectivity index (χ3n) is 2.48. The molecule has 1 atom stereocenters. The highest BCUT2D eigenvalue weighted by Crippen LogP contribution is 2.13. The van der Waals surface area contributed by atoms with Crippen LogP contribution in [0.1, 0.15) is 34.1 Å². The van der Waals surface area contributed by atoms with Gasteiger partial charge in [0.05, 0.1) is 13.2 Å². The van der Waals surface area contributed by atoms with Gasteiger partial charge in [0.15, 0.2) is 6.10 Å². The quantitative estimate of drug-likeness (QED) is 0.715. The van der Waals surface area contributed by atoms with Crippen molar-refractivity contribution in [3.05, 3.63) is 0 Å². The maximum Gasteiger partial charge on any atom is 0.410 e. The molecule has 1 aliphatic heterocycles. The topological polar surface area (TPSA) is 65.1 Å². The maximum atomic E-state index is 12.0. The fourth-order valence-electron chi connectivity index (χ4n) is 1.70. The molecule has 0 aliphatic carbocycles. The van der Waals surface area contributed by atoms with Gasteiger partial charge < -0.3 is 19.1 Å². The molecule has 6 heteroatoms. The van der Waals surface area contributed by atoms with Crippen LogP contribution in [0.2, 0.25) is 0 Å². The van der Waals surface area contributed by atoms with Crippen LogP contribution in [0.3, 0.4) is 0 Å². The number of hydrogen-bond donors (Lipinski definition) is 0. The Kier molecular flexibility index (Phi) is 5.60. The van der Waals surface area contributed by atoms with Crippen LogP contribution in [-0.4, -0.2) is 55.0 Å². The zero-order chi connectivity index (χ0) is 14.5. The van der Waals surface area contributed by atoms with E-state index >= 15 is 0 Å². The summed E-state index contributed by atoms with van der Waals surface area (Å²) in [4.78, 5) is 25.2. The van der Waals surface area contributed by atoms with E-state index in [2.05, 4.69) is 0 Å². The van der Waals surface area contributed by atoms with E-state index in [-0.39, 0.29) is 6.54 Å². The summed E-state index contributed by atoms with van der Waals surface area (Å²) in [6.45, 7) is 8.58. The molecule has 6 nitrogen and oxygen atoms in total. The van der Waals surface area contributed by atoms with E-state index in [0.29, 0.717) is 26.2 Å². The van der Waals surface area contributed by atoms with Crippen LogP contribution >= 0.6 is 0 Å². The molecule has 0 N–H and O–H groups in total. The van der Waals surface area contributed by atoms with Gasteiger partial charge in [-0.15, -0.1) is 0 Å². The van der Waals surface area contributed by atoms with Crippen LogP contribution in [0, 0.1) is 0 Å². The largest absolute Gasteiger partial charge is 0.464 e. The van der Waals surface area contributed by atoms with Crippen LogP contribution in [0.5, 0.6) is 0 Å². The van der Waals surface area contributed by atoms with Gasteiger partial charge in [-0.1, -0.05) is 0 Å². The van der Waals surface area contributed by atoms with Gasteiger partial charge in [-0.25, -0.2) is 9.59 Å². The highest BCUT2D eigenvalue weighted by Gasteiger charge is 2.30. The van der Waals surface area contributed by atoms with Crippen molar-refractivity contribution in [1.29, 1.82) is 0 Å². The minimum Gasteiger partial charge on any atom is -0.464 e. The van der Waals surface area contributed by atoms with Gasteiger partial charge in [0.25, 0.3) is 0 Å². The Labute approximate surface area is 114 Å². The molecule has 0 aromatic carbocycles. The normalized spacial score (nSPS) is 20.6. The van der Waals surface area contributed by atoms with E-state index in [9.17, 15) is 9.59 Å². The number of nitrogens with zero attached hydrogens (tertiary/aromatic N) is 1. The lowest BCUT2D eigenvalue weighted by molar-refractivity contribution is -0.156. The molecule has 1 amide bonds. The summed E-state index contributed by atoms with van der Waals surface area (Å²) >= 11 is 0. The van der Waals surface area contributed by atoms with Crippen LogP contribution in [0.15, 0.2) is 0 Å². The van der Waals surface area contributed by atoms with Crippen molar-refractivity contribution >= 4 is 12.1 Å². The average molecular weight is 273 g/mol. The minimum absolute atomic E-state index is 0.174. The van der Waals surface area contributed by atoms with E-state index in [4.69, 9.17) is 14.2 Å². The Bertz CT molecular complexity index is 323. The maximum absolute atomic E-state index is 12.0. The molecular weight excluding hydrogens is 250 g/mol. The Balaban J connectivity index is 2.63. The number of ether oxygens (including phenoxy) is 3. The summed E-state index contributed by atoms with van der Waals surface area (Å²) in [6.07, 6.45) is -0.475. The second kappa shape index (κ2) is 6.75. The molecule has 110 valence electrons. The van der Waals surface area contributed by atoms with Crippen LogP contribution in [0.25, 0.3) is 0 Å². The molecule has 0 radical (unpaired) electrons. The number of hydrogen-bond acceptors (Lipinski definition) is 5. The van der Waals surface area contributed by atoms with Gasteiger partial charge in [0.1, 0.15) is 5.60 Å². The molecule has 0 spiro atoms. The first-order valence-electron chi connectivity index (χ1n) is 6.59. The molecule has 1 fully saturated rings. The summed E-state index contributed by atoms with van der Waals surface area (Å²) in [5, 5.41) is 0. The number of carbonyl (C=O) groups excluding carboxylic acids is 2. The van der Waals surface area contributed by atoms with Crippen LogP contribution in [0.4, 0.5) is 4.79 Å². The number of carbonyl (C=O) groups is 2. The third-order valence-corrected chi connectivity index (χ3v) is 2.48. The number of rotatable bonds is 2. The molecule has 0 aromatic rings. The van der Waals surface area contributed by atoms with Gasteiger partial charge in [-0.2, -0.15) is 0 Å². The zero-order valence-electron chi connectivity index (χ0n) is 12.1. The van der Waals surface area contributed by atoms with Crippen LogP contribution < -0.4 is 0 Å². The van der Waals surface area contributed by atoms with Gasteiger partial charge in [0, 0.05) is 13.2 Å². The molecule has 1 heterocycles. The first kappa shape index (κ1) is 15.8. The lowest BCUT2D eigenvalue weighted by Gasteiger charge is -2.27. The van der Waals surface area contributed by atoms with E-state index < -0.39 is 23.8 Å². The summed E-state index contributed by atoms with van der Waals surface area (Å²) < 4.78 is 15.6. The second-order valence-corrected chi connectivity index (χ2v) is 5.39. The van der Waals surface area contributed by atoms with E-state index in [1.54, 1.807) is 6.92 Å². The predicted molar refractivity (Wildman–Crippen MR) is 68.8 cm³/mol. The Hall–Kier alpha value is -1.30. The van der Waals surface area contributed by atoms with Crippen molar-refractivity contribution in [3.8, 4) is 0 Å². The molecular formula is C13H23NO5. The molecule has 1 aliphatic rings. The summed E-state index contributed by atoms with van der Waals surface area (Å²) in [5.41, 5.74) is -0.552. The Morgan fingerprint density at radius 3 is 2.63 bits per heavy atom. The van der Waals surface area contributed by atoms with Crippen molar-refractivity contribution in [3.63, 3.8) is 0 Å². The van der Waals surface area contributed by atoms with Crippen molar-refractivity contribution in [2.24, 2.45) is 0 Å². The fourth-order valence-corrected chi connectivity index (χ4v) is 1.70. The molecule has 19 heavy (non-hydrogen) atoms. The Morgan fingerprint density at radius 2 is 2.05 bits per heavy atom. The molecule has 1 saturated heterocycles. The van der Waals surface area contributed by atoms with Gasteiger partial charge in [-0.05, 0) is 34.1 Å². The van der Waals surface area contributed by atoms with Crippen LogP contribution in [-0.2, 0) is 19.0 Å². The molecule has 0 unspecified atom stereocenters. The predicted octanol–water partition coefficient (Wildman–Crippen LogP) is 1.58. The first-order chi connectivity index (χ1) is 8.83. The van der Waals surface area contributed by atoms with Gasteiger partial charge in [-0.3, -0.25) is 0 Å². The van der Waals surface area contributed by atoms with Crippen molar-refractivity contribution in [1.82, 2.24) is 4.90 Å². The van der Waals surface area contributed by atoms with E-state index in [1.807, 2.05) is 20.8 Å². The SMILES string of the molecule is CCOC(=O)[C@H]1CN(C(=O)OC(C)(C)C)CCCO1. The molecule has 0 aromatic heterocycles. The van der Waals surface area contributed by atoms with Gasteiger partial charge >= 0.3 is 12.1 Å². The third kappa shape index (κ3) is 5.46. The van der Waals surface area contributed by atoms with E-state index in [0.717, 1.165) is 0 Å². The zero-order valence-corrected chi connectivity index (χ0v) is 12.1. The summed E-state index contributed by atoms with van der Waals surface area (Å²) in [7, 11) is 0. The second-order valence-electron chi connectivity index (χ2n) is 5.39. The van der Waals surface area contributed by atoms with Crippen molar-refractivity contribution in [2.75, 3.05) is 26.3 Å². The fraction of sp³-hybridized carbons (Fsp3) is 0.846. The number of esters is 1. The monoisotopic (exact) mass is 273 g/mol. The van der Waals surface area contributed by atoms with Crippen molar-refractivity contribution in [2.45, 2.75) is 45.8 Å². The van der Waals surface area contributed by atoms with Crippen molar-refractivity contribution < 1.29 is 23.8 Å². The standard InChI is InChI=1S/C13H23NO5/c1-5-17-11(15)10-9-14(7-6-8-18-10)12(16)19-13(2,3)4/h10H,5-9H2,1-4H3/t10-/m1/s1.